The van der Waals surface area contributed by atoms with Gasteiger partial charge >= 0.3 is 0 Å². The zero-order valence-corrected chi connectivity index (χ0v) is 11.7. The Balaban J connectivity index is 2.20. The largest absolute Gasteiger partial charge is 0.390 e. The van der Waals surface area contributed by atoms with Crippen molar-refractivity contribution < 1.29 is 10.2 Å². The van der Waals surface area contributed by atoms with Crippen LogP contribution in [0.3, 0.4) is 0 Å². The Bertz CT molecular complexity index is 921. The molecule has 0 saturated heterocycles. The lowest BCUT2D eigenvalue weighted by Crippen LogP contribution is -2.08. The molecule has 0 bridgehead atoms. The molecule has 0 unspecified atom stereocenters. The van der Waals surface area contributed by atoms with Gasteiger partial charge in [0, 0.05) is 17.0 Å². The number of rotatable bonds is 2. The third-order valence-electron chi connectivity index (χ3n) is 3.81. The third kappa shape index (κ3) is 1.85. The van der Waals surface area contributed by atoms with Gasteiger partial charge in [0.1, 0.15) is 0 Å². The van der Waals surface area contributed by atoms with E-state index in [2.05, 4.69) is 20.3 Å². The number of fused-ring (bicyclic) bond motifs is 6. The Morgan fingerprint density at radius 1 is 0.909 bits per heavy atom. The lowest BCUT2D eigenvalue weighted by atomic mass is 10.0. The monoisotopic (exact) mass is 294 g/mol. The first-order valence-electron chi connectivity index (χ1n) is 7.05. The maximum absolute atomic E-state index is 9.35. The first-order chi connectivity index (χ1) is 10.8. The van der Waals surface area contributed by atoms with Crippen LogP contribution < -0.4 is 5.32 Å². The summed E-state index contributed by atoms with van der Waals surface area (Å²) in [4.78, 5) is 13.5. The topological polar surface area (TPSA) is 90.6 Å². The van der Waals surface area contributed by atoms with Gasteiger partial charge in [-0.2, -0.15) is 0 Å². The maximum Gasteiger partial charge on any atom is 0.0992 e. The quantitative estimate of drug-likeness (QED) is 0.628. The van der Waals surface area contributed by atoms with Crippen molar-refractivity contribution in [2.24, 2.45) is 4.99 Å². The fourth-order valence-corrected chi connectivity index (χ4v) is 2.79. The van der Waals surface area contributed by atoms with Gasteiger partial charge in [-0.05, 0) is 24.3 Å². The van der Waals surface area contributed by atoms with Crippen LogP contribution in [0.4, 0.5) is 11.4 Å². The molecule has 6 heteroatoms. The predicted molar refractivity (Wildman–Crippen MR) is 85.5 cm³/mol. The normalized spacial score (nSPS) is 13.4. The smallest absolute Gasteiger partial charge is 0.0992 e. The molecule has 3 N–H and O–H groups in total. The summed E-state index contributed by atoms with van der Waals surface area (Å²) in [5, 5.41) is 23.8. The van der Waals surface area contributed by atoms with Gasteiger partial charge in [-0.15, -0.1) is 0 Å². The van der Waals surface area contributed by atoms with E-state index in [0.717, 1.165) is 22.1 Å². The van der Waals surface area contributed by atoms with Gasteiger partial charge in [-0.3, -0.25) is 4.99 Å². The number of hydrogen-bond acceptors (Lipinski definition) is 6. The SMILES string of the molecule is OCc1ccc2c3c(c4ccc(CO)nc4c2n1)NCC=N3. The van der Waals surface area contributed by atoms with E-state index in [0.29, 0.717) is 29.0 Å². The second-order valence-corrected chi connectivity index (χ2v) is 5.13. The second-order valence-electron chi connectivity index (χ2n) is 5.13. The van der Waals surface area contributed by atoms with Gasteiger partial charge in [0.25, 0.3) is 0 Å². The van der Waals surface area contributed by atoms with Gasteiger partial charge < -0.3 is 15.5 Å². The number of aliphatic hydroxyl groups excluding tert-OH is 2. The number of hydrogen-bond donors (Lipinski definition) is 3. The van der Waals surface area contributed by atoms with Crippen molar-refractivity contribution in [1.29, 1.82) is 0 Å². The zero-order valence-electron chi connectivity index (χ0n) is 11.7. The molecule has 0 radical (unpaired) electrons. The van der Waals surface area contributed by atoms with E-state index in [1.54, 1.807) is 12.1 Å². The summed E-state index contributed by atoms with van der Waals surface area (Å²) >= 11 is 0. The van der Waals surface area contributed by atoms with E-state index in [1.165, 1.54) is 0 Å². The van der Waals surface area contributed by atoms with E-state index in [-0.39, 0.29) is 13.2 Å². The second kappa shape index (κ2) is 5.01. The number of anilines is 1. The number of nitrogens with one attached hydrogen (secondary N) is 1. The molecule has 0 spiro atoms. The van der Waals surface area contributed by atoms with Crippen LogP contribution in [0.25, 0.3) is 21.8 Å². The minimum absolute atomic E-state index is 0.125. The molecule has 0 amide bonds. The molecular formula is C16H14N4O2. The molecule has 2 aromatic heterocycles. The first kappa shape index (κ1) is 13.1. The van der Waals surface area contributed by atoms with Crippen LogP contribution in [-0.4, -0.2) is 32.9 Å². The summed E-state index contributed by atoms with van der Waals surface area (Å²) in [6.07, 6.45) is 1.82. The Labute approximate surface area is 126 Å². The fourth-order valence-electron chi connectivity index (χ4n) is 2.79. The Kier molecular flexibility index (Phi) is 2.99. The molecule has 3 aromatic rings. The molecule has 1 aliphatic rings. The molecule has 6 nitrogen and oxygen atoms in total. The minimum atomic E-state index is -0.129. The lowest BCUT2D eigenvalue weighted by molar-refractivity contribution is 0.277. The Morgan fingerprint density at radius 2 is 1.55 bits per heavy atom. The van der Waals surface area contributed by atoms with Crippen molar-refractivity contribution in [3.8, 4) is 0 Å². The summed E-state index contributed by atoms with van der Waals surface area (Å²) in [5.41, 5.74) is 4.34. The molecule has 110 valence electrons. The number of aromatic nitrogens is 2. The van der Waals surface area contributed by atoms with Gasteiger partial charge in [-0.1, -0.05) is 0 Å². The van der Waals surface area contributed by atoms with E-state index in [1.807, 2.05) is 18.3 Å². The predicted octanol–water partition coefficient (Wildman–Crippen LogP) is 1.90. The zero-order chi connectivity index (χ0) is 15.1. The summed E-state index contributed by atoms with van der Waals surface area (Å²) in [6.45, 7) is 0.410. The summed E-state index contributed by atoms with van der Waals surface area (Å²) in [5.74, 6) is 0. The number of benzene rings is 1. The highest BCUT2D eigenvalue weighted by Crippen LogP contribution is 2.41. The van der Waals surface area contributed by atoms with Crippen molar-refractivity contribution >= 4 is 39.4 Å². The number of nitrogens with zero attached hydrogens (tertiary/aromatic N) is 3. The fraction of sp³-hybridized carbons (Fsp3) is 0.188. The lowest BCUT2D eigenvalue weighted by Gasteiger charge is -2.18. The molecule has 4 rings (SSSR count). The average Bonchev–Trinajstić information content (AvgIpc) is 2.61. The summed E-state index contributed by atoms with van der Waals surface area (Å²) in [6, 6.07) is 7.41. The summed E-state index contributed by atoms with van der Waals surface area (Å²) in [7, 11) is 0. The van der Waals surface area contributed by atoms with Crippen LogP contribution in [0.15, 0.2) is 29.3 Å². The molecule has 0 atom stereocenters. The minimum Gasteiger partial charge on any atom is -0.390 e. The van der Waals surface area contributed by atoms with Crippen LogP contribution in [0.5, 0.6) is 0 Å². The van der Waals surface area contributed by atoms with Gasteiger partial charge in [-0.25, -0.2) is 9.97 Å². The molecule has 0 saturated carbocycles. The number of aliphatic imine (C=N–C) groups is 1. The van der Waals surface area contributed by atoms with E-state index < -0.39 is 0 Å². The van der Waals surface area contributed by atoms with E-state index >= 15 is 0 Å². The molecular weight excluding hydrogens is 280 g/mol. The van der Waals surface area contributed by atoms with Crippen LogP contribution in [0, 0.1) is 0 Å². The molecule has 1 aromatic carbocycles. The maximum atomic E-state index is 9.35. The van der Waals surface area contributed by atoms with Crippen LogP contribution in [0.2, 0.25) is 0 Å². The van der Waals surface area contributed by atoms with E-state index in [4.69, 9.17) is 0 Å². The van der Waals surface area contributed by atoms with Crippen molar-refractivity contribution in [3.05, 3.63) is 35.7 Å². The highest BCUT2D eigenvalue weighted by molar-refractivity contribution is 6.17. The third-order valence-corrected chi connectivity index (χ3v) is 3.81. The average molecular weight is 294 g/mol. The van der Waals surface area contributed by atoms with E-state index in [9.17, 15) is 10.2 Å². The van der Waals surface area contributed by atoms with Crippen molar-refractivity contribution in [3.63, 3.8) is 0 Å². The Hall–Kier alpha value is -2.57. The van der Waals surface area contributed by atoms with Gasteiger partial charge in [0.2, 0.25) is 0 Å². The van der Waals surface area contributed by atoms with Gasteiger partial charge in [0.15, 0.2) is 0 Å². The molecule has 0 fully saturated rings. The number of pyridine rings is 2. The number of aliphatic hydroxyl groups is 2. The van der Waals surface area contributed by atoms with Crippen molar-refractivity contribution in [1.82, 2.24) is 9.97 Å². The van der Waals surface area contributed by atoms with Crippen molar-refractivity contribution in [2.75, 3.05) is 11.9 Å². The highest BCUT2D eigenvalue weighted by atomic mass is 16.3. The van der Waals surface area contributed by atoms with Crippen molar-refractivity contribution in [2.45, 2.75) is 13.2 Å². The Morgan fingerprint density at radius 3 is 2.23 bits per heavy atom. The van der Waals surface area contributed by atoms with Crippen LogP contribution >= 0.6 is 0 Å². The van der Waals surface area contributed by atoms with Crippen LogP contribution in [-0.2, 0) is 13.2 Å². The van der Waals surface area contributed by atoms with Gasteiger partial charge in [0.05, 0.1) is 53.6 Å². The molecule has 22 heavy (non-hydrogen) atoms. The highest BCUT2D eigenvalue weighted by Gasteiger charge is 2.18. The molecule has 3 heterocycles. The standard InChI is InChI=1S/C16H14N4O2/c21-7-9-1-3-11-13-14(18-6-5-17-13)12-4-2-10(8-22)20-16(12)15(11)19-9/h1-5,18,21-22H,6-8H2. The van der Waals surface area contributed by atoms with Crippen LogP contribution in [0.1, 0.15) is 11.4 Å². The molecule has 0 aliphatic carbocycles. The summed E-state index contributed by atoms with van der Waals surface area (Å²) < 4.78 is 0. The molecule has 1 aliphatic heterocycles. The first-order valence-corrected chi connectivity index (χ1v) is 7.05.